The molecule has 2 aromatic rings. The second-order valence-corrected chi connectivity index (χ2v) is 4.44. The fraction of sp³-hybridized carbons (Fsp3) is 0.333. The summed E-state index contributed by atoms with van der Waals surface area (Å²) >= 11 is 1.25. The molecular weight excluding hydrogens is 269 g/mol. The summed E-state index contributed by atoms with van der Waals surface area (Å²) in [5.41, 5.74) is 0.717. The third-order valence-electron chi connectivity index (χ3n) is 2.42. The zero-order valence-electron chi connectivity index (χ0n) is 10.6. The van der Waals surface area contributed by atoms with Gasteiger partial charge in [0.1, 0.15) is 0 Å². The van der Waals surface area contributed by atoms with Gasteiger partial charge in [-0.1, -0.05) is 0 Å². The number of ether oxygens (including phenoxy) is 2. The summed E-state index contributed by atoms with van der Waals surface area (Å²) in [7, 11) is 3.06. The van der Waals surface area contributed by atoms with Gasteiger partial charge in [-0.15, -0.1) is 0 Å². The van der Waals surface area contributed by atoms with Crippen molar-refractivity contribution in [3.63, 3.8) is 0 Å². The molecule has 5 nitrogen and oxygen atoms in total. The van der Waals surface area contributed by atoms with Crippen LogP contribution in [0.4, 0.5) is 9.52 Å². The number of rotatable bonds is 6. The average Bonchev–Trinajstić information content (AvgIpc) is 2.88. The van der Waals surface area contributed by atoms with Crippen LogP contribution in [0, 0.1) is 5.82 Å². The molecule has 0 aliphatic rings. The molecule has 2 rings (SSSR count). The number of hydrogen-bond acceptors (Lipinski definition) is 6. The normalized spacial score (nSPS) is 10.5. The summed E-state index contributed by atoms with van der Waals surface area (Å²) in [5.74, 6) is 0.323. The topological polar surface area (TPSA) is 56.3 Å². The van der Waals surface area contributed by atoms with Crippen LogP contribution in [0.15, 0.2) is 18.2 Å². The molecule has 0 unspecified atom stereocenters. The van der Waals surface area contributed by atoms with Crippen LogP contribution in [0.1, 0.15) is 0 Å². The van der Waals surface area contributed by atoms with E-state index in [0.717, 1.165) is 0 Å². The Balaban J connectivity index is 2.13. The highest BCUT2D eigenvalue weighted by molar-refractivity contribution is 7.09. The number of benzene rings is 1. The van der Waals surface area contributed by atoms with E-state index < -0.39 is 5.82 Å². The summed E-state index contributed by atoms with van der Waals surface area (Å²) in [5, 5.41) is 3.79. The van der Waals surface area contributed by atoms with Crippen LogP contribution in [0.25, 0.3) is 11.4 Å². The second-order valence-electron chi connectivity index (χ2n) is 3.69. The first-order valence-corrected chi connectivity index (χ1v) is 6.42. The Morgan fingerprint density at radius 1 is 1.37 bits per heavy atom. The molecule has 0 aliphatic carbocycles. The van der Waals surface area contributed by atoms with Crippen molar-refractivity contribution in [3.05, 3.63) is 24.0 Å². The highest BCUT2D eigenvalue weighted by Crippen LogP contribution is 2.26. The fourth-order valence-electron chi connectivity index (χ4n) is 1.47. The summed E-state index contributed by atoms with van der Waals surface area (Å²) in [4.78, 5) is 4.32. The Kier molecular flexibility index (Phi) is 4.64. The highest BCUT2D eigenvalue weighted by atomic mass is 32.1. The van der Waals surface area contributed by atoms with E-state index in [4.69, 9.17) is 9.47 Å². The molecule has 0 amide bonds. The van der Waals surface area contributed by atoms with E-state index in [9.17, 15) is 4.39 Å². The Bertz CT molecular complexity index is 548. The number of methoxy groups -OCH3 is 2. The molecule has 1 aromatic heterocycles. The van der Waals surface area contributed by atoms with Gasteiger partial charge in [-0.3, -0.25) is 0 Å². The van der Waals surface area contributed by atoms with Crippen LogP contribution in [0.2, 0.25) is 0 Å². The summed E-state index contributed by atoms with van der Waals surface area (Å²) < 4.78 is 27.4. The summed E-state index contributed by atoms with van der Waals surface area (Å²) in [6.07, 6.45) is 0. The largest absolute Gasteiger partial charge is 0.494 e. The molecule has 7 heteroatoms. The van der Waals surface area contributed by atoms with E-state index >= 15 is 0 Å². The van der Waals surface area contributed by atoms with E-state index in [2.05, 4.69) is 14.7 Å². The summed E-state index contributed by atoms with van der Waals surface area (Å²) in [6, 6.07) is 4.54. The minimum atomic E-state index is -0.403. The second kappa shape index (κ2) is 6.44. The van der Waals surface area contributed by atoms with E-state index in [1.807, 2.05) is 0 Å². The molecular formula is C12H14FN3O2S. The Morgan fingerprint density at radius 2 is 2.21 bits per heavy atom. The molecule has 0 atom stereocenters. The van der Waals surface area contributed by atoms with E-state index in [1.165, 1.54) is 24.7 Å². The Labute approximate surface area is 114 Å². The molecule has 1 heterocycles. The average molecular weight is 283 g/mol. The minimum Gasteiger partial charge on any atom is -0.494 e. The maximum Gasteiger partial charge on any atom is 0.202 e. The molecule has 1 aromatic carbocycles. The number of nitrogens with one attached hydrogen (secondary N) is 1. The van der Waals surface area contributed by atoms with Gasteiger partial charge in [0.2, 0.25) is 5.13 Å². The first-order chi connectivity index (χ1) is 9.24. The zero-order chi connectivity index (χ0) is 13.7. The number of hydrogen-bond donors (Lipinski definition) is 1. The lowest BCUT2D eigenvalue weighted by molar-refractivity contribution is 0.211. The molecule has 0 fully saturated rings. The third-order valence-corrected chi connectivity index (χ3v) is 3.09. The smallest absolute Gasteiger partial charge is 0.202 e. The van der Waals surface area contributed by atoms with Gasteiger partial charge in [-0.05, 0) is 18.2 Å². The lowest BCUT2D eigenvalue weighted by Crippen LogP contribution is -2.07. The van der Waals surface area contributed by atoms with Gasteiger partial charge in [-0.25, -0.2) is 4.39 Å². The SMILES string of the molecule is COCCNc1nc(-c2ccc(F)c(OC)c2)ns1. The number of halogens is 1. The molecule has 0 radical (unpaired) electrons. The van der Waals surface area contributed by atoms with Crippen LogP contribution in [-0.2, 0) is 4.74 Å². The van der Waals surface area contributed by atoms with Crippen LogP contribution in [0.5, 0.6) is 5.75 Å². The number of nitrogens with zero attached hydrogens (tertiary/aromatic N) is 2. The van der Waals surface area contributed by atoms with Gasteiger partial charge in [0.05, 0.1) is 13.7 Å². The van der Waals surface area contributed by atoms with Crippen molar-refractivity contribution in [2.45, 2.75) is 0 Å². The maximum absolute atomic E-state index is 13.3. The molecule has 0 saturated carbocycles. The van der Waals surface area contributed by atoms with Crippen molar-refractivity contribution >= 4 is 16.7 Å². The van der Waals surface area contributed by atoms with Gasteiger partial charge >= 0.3 is 0 Å². The minimum absolute atomic E-state index is 0.182. The number of anilines is 1. The van der Waals surface area contributed by atoms with Gasteiger partial charge in [0.25, 0.3) is 0 Å². The van der Waals surface area contributed by atoms with Crippen LogP contribution in [-0.4, -0.2) is 36.7 Å². The van der Waals surface area contributed by atoms with Gasteiger partial charge in [-0.2, -0.15) is 9.36 Å². The van der Waals surface area contributed by atoms with Crippen molar-refractivity contribution in [3.8, 4) is 17.1 Å². The molecule has 0 spiro atoms. The molecule has 1 N–H and O–H groups in total. The number of aromatic nitrogens is 2. The van der Waals surface area contributed by atoms with Gasteiger partial charge in [0.15, 0.2) is 17.4 Å². The van der Waals surface area contributed by atoms with E-state index in [1.54, 1.807) is 19.2 Å². The van der Waals surface area contributed by atoms with Crippen LogP contribution in [0.3, 0.4) is 0 Å². The monoisotopic (exact) mass is 283 g/mol. The standard InChI is InChI=1S/C12H14FN3O2S/c1-17-6-5-14-12-15-11(16-19-12)8-3-4-9(13)10(7-8)18-2/h3-4,7H,5-6H2,1-2H3,(H,14,15,16). The van der Waals surface area contributed by atoms with E-state index in [0.29, 0.717) is 29.7 Å². The molecule has 0 bridgehead atoms. The van der Waals surface area contributed by atoms with Crippen molar-refractivity contribution < 1.29 is 13.9 Å². The first kappa shape index (κ1) is 13.7. The van der Waals surface area contributed by atoms with Crippen molar-refractivity contribution in [2.75, 3.05) is 32.7 Å². The quantitative estimate of drug-likeness (QED) is 0.825. The fourth-order valence-corrected chi connectivity index (χ4v) is 2.08. The molecule has 0 aliphatic heterocycles. The Morgan fingerprint density at radius 3 is 2.95 bits per heavy atom. The van der Waals surface area contributed by atoms with Crippen LogP contribution >= 0.6 is 11.5 Å². The molecule has 19 heavy (non-hydrogen) atoms. The van der Waals surface area contributed by atoms with Crippen molar-refractivity contribution in [1.29, 1.82) is 0 Å². The zero-order valence-corrected chi connectivity index (χ0v) is 11.5. The van der Waals surface area contributed by atoms with Crippen molar-refractivity contribution in [1.82, 2.24) is 9.36 Å². The Hall–Kier alpha value is -1.73. The maximum atomic E-state index is 13.3. The lowest BCUT2D eigenvalue weighted by atomic mass is 10.2. The van der Waals surface area contributed by atoms with Crippen molar-refractivity contribution in [2.24, 2.45) is 0 Å². The van der Waals surface area contributed by atoms with Crippen LogP contribution < -0.4 is 10.1 Å². The molecule has 102 valence electrons. The predicted octanol–water partition coefficient (Wildman–Crippen LogP) is 2.41. The summed E-state index contributed by atoms with van der Waals surface area (Å²) in [6.45, 7) is 1.26. The van der Waals surface area contributed by atoms with Gasteiger partial charge < -0.3 is 14.8 Å². The lowest BCUT2D eigenvalue weighted by Gasteiger charge is -2.03. The van der Waals surface area contributed by atoms with Gasteiger partial charge in [0, 0.05) is 30.8 Å². The third kappa shape index (κ3) is 3.39. The first-order valence-electron chi connectivity index (χ1n) is 5.65. The van der Waals surface area contributed by atoms with E-state index in [-0.39, 0.29) is 5.75 Å². The highest BCUT2D eigenvalue weighted by Gasteiger charge is 2.10. The molecule has 0 saturated heterocycles. The predicted molar refractivity (Wildman–Crippen MR) is 72.2 cm³/mol.